The van der Waals surface area contributed by atoms with E-state index in [2.05, 4.69) is 0 Å². The number of nitrogens with two attached hydrogens (primary N) is 1. The third-order valence-electron chi connectivity index (χ3n) is 3.00. The summed E-state index contributed by atoms with van der Waals surface area (Å²) in [5.74, 6) is -0.260. The lowest BCUT2D eigenvalue weighted by molar-refractivity contribution is -0.129. The Labute approximate surface area is 124 Å². The minimum atomic E-state index is -0.217. The number of carbonyl (C=O) groups is 1. The lowest BCUT2D eigenvalue weighted by Gasteiger charge is -2.36. The van der Waals surface area contributed by atoms with Crippen molar-refractivity contribution in [1.82, 2.24) is 4.90 Å². The molecule has 0 saturated carbocycles. The van der Waals surface area contributed by atoms with Crippen LogP contribution >= 0.6 is 24.8 Å². The summed E-state index contributed by atoms with van der Waals surface area (Å²) < 4.78 is 13.6. The summed E-state index contributed by atoms with van der Waals surface area (Å²) in [7, 11) is 0. The van der Waals surface area contributed by atoms with Gasteiger partial charge in [-0.3, -0.25) is 4.79 Å². The number of anilines is 1. The van der Waals surface area contributed by atoms with Crippen LogP contribution in [0.4, 0.5) is 10.1 Å². The average molecular weight is 310 g/mol. The highest BCUT2D eigenvalue weighted by molar-refractivity contribution is 5.85. The molecule has 0 spiro atoms. The summed E-state index contributed by atoms with van der Waals surface area (Å²) in [4.78, 5) is 15.1. The van der Waals surface area contributed by atoms with Crippen LogP contribution < -0.4 is 10.6 Å². The Morgan fingerprint density at radius 3 is 2.26 bits per heavy atom. The van der Waals surface area contributed by atoms with E-state index >= 15 is 0 Å². The van der Waals surface area contributed by atoms with Crippen LogP contribution in [0.15, 0.2) is 24.3 Å². The highest BCUT2D eigenvalue weighted by Crippen LogP contribution is 2.19. The molecule has 0 bridgehead atoms. The maximum Gasteiger partial charge on any atom is 0.236 e. The Bertz CT molecular complexity index is 412. The van der Waals surface area contributed by atoms with Crippen molar-refractivity contribution in [3.8, 4) is 0 Å². The highest BCUT2D eigenvalue weighted by atomic mass is 35.5. The van der Waals surface area contributed by atoms with E-state index in [1.54, 1.807) is 17.0 Å². The monoisotopic (exact) mass is 309 g/mol. The Morgan fingerprint density at radius 2 is 1.74 bits per heavy atom. The fourth-order valence-corrected chi connectivity index (χ4v) is 2.03. The van der Waals surface area contributed by atoms with Gasteiger partial charge in [-0.1, -0.05) is 12.1 Å². The Hall–Kier alpha value is -1.04. The van der Waals surface area contributed by atoms with Gasteiger partial charge in [0.2, 0.25) is 5.91 Å². The van der Waals surface area contributed by atoms with Gasteiger partial charge in [-0.05, 0) is 12.1 Å². The van der Waals surface area contributed by atoms with E-state index in [0.717, 1.165) is 0 Å². The summed E-state index contributed by atoms with van der Waals surface area (Å²) in [5, 5.41) is 0. The quantitative estimate of drug-likeness (QED) is 0.895. The number of hydrogen-bond acceptors (Lipinski definition) is 3. The molecule has 0 atom stereocenters. The summed E-state index contributed by atoms with van der Waals surface area (Å²) >= 11 is 0. The van der Waals surface area contributed by atoms with Gasteiger partial charge in [0.15, 0.2) is 0 Å². The maximum absolute atomic E-state index is 13.6. The molecule has 4 nitrogen and oxygen atoms in total. The predicted octanol–water partition coefficient (Wildman–Crippen LogP) is 1.28. The van der Waals surface area contributed by atoms with E-state index in [0.29, 0.717) is 31.9 Å². The molecular weight excluding hydrogens is 292 g/mol. The molecule has 1 amide bonds. The summed E-state index contributed by atoms with van der Waals surface area (Å²) in [6.45, 7) is 2.54. The Morgan fingerprint density at radius 1 is 1.16 bits per heavy atom. The van der Waals surface area contributed by atoms with Gasteiger partial charge in [0, 0.05) is 26.2 Å². The minimum Gasteiger partial charge on any atom is -0.366 e. The average Bonchev–Trinajstić information content (AvgIpc) is 2.39. The van der Waals surface area contributed by atoms with E-state index in [1.807, 2.05) is 11.0 Å². The summed E-state index contributed by atoms with van der Waals surface area (Å²) in [6.07, 6.45) is 0. The molecule has 1 aromatic carbocycles. The van der Waals surface area contributed by atoms with Crippen molar-refractivity contribution in [3.63, 3.8) is 0 Å². The van der Waals surface area contributed by atoms with Crippen molar-refractivity contribution < 1.29 is 9.18 Å². The van der Waals surface area contributed by atoms with Gasteiger partial charge in [0.1, 0.15) is 5.82 Å². The topological polar surface area (TPSA) is 49.6 Å². The third-order valence-corrected chi connectivity index (χ3v) is 3.00. The Balaban J connectivity index is 0.00000162. The normalized spacial score (nSPS) is 14.4. The van der Waals surface area contributed by atoms with Gasteiger partial charge >= 0.3 is 0 Å². The van der Waals surface area contributed by atoms with Crippen molar-refractivity contribution in [1.29, 1.82) is 0 Å². The van der Waals surface area contributed by atoms with Crippen LogP contribution in [0, 0.1) is 5.82 Å². The fourth-order valence-electron chi connectivity index (χ4n) is 2.03. The Kier molecular flexibility index (Phi) is 7.75. The second-order valence-corrected chi connectivity index (χ2v) is 4.02. The summed E-state index contributed by atoms with van der Waals surface area (Å²) in [6, 6.07) is 6.70. The SMILES string of the molecule is Cl.Cl.NCC(=O)N1CCN(c2ccccc2F)CC1. The number of halogens is 3. The standard InChI is InChI=1S/C12H16FN3O.2ClH/c13-10-3-1-2-4-11(10)15-5-7-16(8-6-15)12(17)9-14;;/h1-4H,5-9,14H2;2*1H. The molecule has 2 N–H and O–H groups in total. The molecule has 0 unspecified atom stereocenters. The van der Waals surface area contributed by atoms with Crippen molar-refractivity contribution in [2.24, 2.45) is 5.73 Å². The van der Waals surface area contributed by atoms with Crippen molar-refractivity contribution in [2.45, 2.75) is 0 Å². The van der Waals surface area contributed by atoms with E-state index < -0.39 is 0 Å². The van der Waals surface area contributed by atoms with Crippen LogP contribution in [0.1, 0.15) is 0 Å². The van der Waals surface area contributed by atoms with E-state index in [4.69, 9.17) is 5.73 Å². The number of piperazine rings is 1. The molecule has 1 aliphatic heterocycles. The number of carbonyl (C=O) groups excluding carboxylic acids is 1. The third kappa shape index (κ3) is 4.23. The molecular formula is C12H18Cl2FN3O. The van der Waals surface area contributed by atoms with Gasteiger partial charge in [-0.2, -0.15) is 0 Å². The maximum atomic E-state index is 13.6. The molecule has 0 radical (unpaired) electrons. The number of para-hydroxylation sites is 1. The molecule has 108 valence electrons. The number of benzene rings is 1. The van der Waals surface area contributed by atoms with Crippen LogP contribution in [0.3, 0.4) is 0 Å². The molecule has 19 heavy (non-hydrogen) atoms. The molecule has 0 aromatic heterocycles. The van der Waals surface area contributed by atoms with Gasteiger partial charge in [0.25, 0.3) is 0 Å². The van der Waals surface area contributed by atoms with Crippen LogP contribution in [-0.4, -0.2) is 43.5 Å². The molecule has 1 saturated heterocycles. The zero-order valence-corrected chi connectivity index (χ0v) is 12.1. The lowest BCUT2D eigenvalue weighted by Crippen LogP contribution is -2.50. The predicted molar refractivity (Wildman–Crippen MR) is 78.7 cm³/mol. The largest absolute Gasteiger partial charge is 0.366 e. The molecule has 7 heteroatoms. The molecule has 1 aromatic rings. The zero-order valence-electron chi connectivity index (χ0n) is 10.4. The number of hydrogen-bond donors (Lipinski definition) is 1. The van der Waals surface area contributed by atoms with Gasteiger partial charge < -0.3 is 15.5 Å². The zero-order chi connectivity index (χ0) is 12.3. The second-order valence-electron chi connectivity index (χ2n) is 4.02. The van der Waals surface area contributed by atoms with E-state index in [-0.39, 0.29) is 43.1 Å². The van der Waals surface area contributed by atoms with Crippen LogP contribution in [-0.2, 0) is 4.79 Å². The molecule has 2 rings (SSSR count). The number of rotatable bonds is 2. The van der Waals surface area contributed by atoms with E-state index in [9.17, 15) is 9.18 Å². The van der Waals surface area contributed by atoms with Crippen molar-refractivity contribution in [2.75, 3.05) is 37.6 Å². The number of amides is 1. The molecule has 0 aliphatic carbocycles. The first-order valence-corrected chi connectivity index (χ1v) is 5.69. The summed E-state index contributed by atoms with van der Waals surface area (Å²) in [5.41, 5.74) is 5.91. The minimum absolute atomic E-state index is 0. The lowest BCUT2D eigenvalue weighted by atomic mass is 10.2. The van der Waals surface area contributed by atoms with Crippen molar-refractivity contribution >= 4 is 36.4 Å². The second kappa shape index (κ2) is 8.19. The van der Waals surface area contributed by atoms with Gasteiger partial charge in [0.05, 0.1) is 12.2 Å². The van der Waals surface area contributed by atoms with Gasteiger partial charge in [-0.25, -0.2) is 4.39 Å². The van der Waals surface area contributed by atoms with Crippen LogP contribution in [0.25, 0.3) is 0 Å². The molecule has 1 heterocycles. The first-order valence-electron chi connectivity index (χ1n) is 5.69. The van der Waals surface area contributed by atoms with Crippen LogP contribution in [0.2, 0.25) is 0 Å². The smallest absolute Gasteiger partial charge is 0.236 e. The highest BCUT2D eigenvalue weighted by Gasteiger charge is 2.21. The molecule has 1 aliphatic rings. The van der Waals surface area contributed by atoms with Crippen LogP contribution in [0.5, 0.6) is 0 Å². The first-order chi connectivity index (χ1) is 8.22. The van der Waals surface area contributed by atoms with Gasteiger partial charge in [-0.15, -0.1) is 24.8 Å². The number of nitrogens with zero attached hydrogens (tertiary/aromatic N) is 2. The fraction of sp³-hybridized carbons (Fsp3) is 0.417. The molecule has 1 fully saturated rings. The first kappa shape index (κ1) is 18.0. The van der Waals surface area contributed by atoms with E-state index in [1.165, 1.54) is 6.07 Å². The van der Waals surface area contributed by atoms with Crippen molar-refractivity contribution in [3.05, 3.63) is 30.1 Å².